The molecule has 1 unspecified atom stereocenters. The van der Waals surface area contributed by atoms with Crippen LogP contribution in [0.3, 0.4) is 0 Å². The number of allylic oxidation sites excluding steroid dienone is 3. The molecule has 0 aromatic rings. The first-order valence-electron chi connectivity index (χ1n) is 4.24. The minimum atomic E-state index is 0.357. The third-order valence-electron chi connectivity index (χ3n) is 1.66. The molecule has 13 heavy (non-hydrogen) atoms. The van der Waals surface area contributed by atoms with Crippen molar-refractivity contribution in [2.24, 2.45) is 0 Å². The summed E-state index contributed by atoms with van der Waals surface area (Å²) in [5.74, 6) is 0. The summed E-state index contributed by atoms with van der Waals surface area (Å²) in [5, 5.41) is 0.903. The van der Waals surface area contributed by atoms with Crippen LogP contribution in [0.1, 0.15) is 26.7 Å². The summed E-state index contributed by atoms with van der Waals surface area (Å²) < 4.78 is 0. The van der Waals surface area contributed by atoms with E-state index >= 15 is 0 Å². The molecule has 1 atom stereocenters. The second-order valence-corrected chi connectivity index (χ2v) is 5.10. The minimum absolute atomic E-state index is 0.357. The van der Waals surface area contributed by atoms with Gasteiger partial charge in [0.2, 0.25) is 0 Å². The Morgan fingerprint density at radius 1 is 1.46 bits per heavy atom. The molecular weight excluding hydrogens is 315 g/mol. The fourth-order valence-electron chi connectivity index (χ4n) is 0.906. The van der Waals surface area contributed by atoms with Crippen molar-refractivity contribution < 1.29 is 0 Å². The molecule has 0 bridgehead atoms. The Kier molecular flexibility index (Phi) is 8.53. The first-order chi connectivity index (χ1) is 6.11. The highest BCUT2D eigenvalue weighted by Crippen LogP contribution is 2.21. The van der Waals surface area contributed by atoms with Crippen LogP contribution >= 0.6 is 43.5 Å². The molecule has 0 saturated heterocycles. The molecule has 0 N–H and O–H groups in total. The van der Waals surface area contributed by atoms with E-state index in [4.69, 9.17) is 11.6 Å². The molecule has 0 aliphatic heterocycles. The van der Waals surface area contributed by atoms with E-state index in [0.29, 0.717) is 4.83 Å². The monoisotopic (exact) mass is 328 g/mol. The van der Waals surface area contributed by atoms with Crippen LogP contribution in [-0.4, -0.2) is 10.2 Å². The Balaban J connectivity index is 3.95. The predicted octanol–water partition coefficient (Wildman–Crippen LogP) is 5.01. The van der Waals surface area contributed by atoms with E-state index in [1.165, 1.54) is 11.1 Å². The van der Waals surface area contributed by atoms with Gasteiger partial charge >= 0.3 is 0 Å². The maximum absolute atomic E-state index is 5.72. The lowest BCUT2D eigenvalue weighted by atomic mass is 10.1. The number of hydrogen-bond donors (Lipinski definition) is 0. The van der Waals surface area contributed by atoms with Crippen LogP contribution in [0.4, 0.5) is 0 Å². The van der Waals surface area contributed by atoms with Crippen LogP contribution < -0.4 is 0 Å². The van der Waals surface area contributed by atoms with Crippen LogP contribution in [0.5, 0.6) is 0 Å². The number of alkyl halides is 2. The van der Waals surface area contributed by atoms with Gasteiger partial charge in [-0.05, 0) is 32.3 Å². The van der Waals surface area contributed by atoms with E-state index in [1.54, 1.807) is 5.54 Å². The molecule has 0 heterocycles. The van der Waals surface area contributed by atoms with E-state index in [1.807, 2.05) is 0 Å². The van der Waals surface area contributed by atoms with E-state index in [0.717, 1.165) is 18.2 Å². The predicted molar refractivity (Wildman–Crippen MR) is 69.1 cm³/mol. The molecule has 0 radical (unpaired) electrons. The van der Waals surface area contributed by atoms with Gasteiger partial charge in [0.25, 0.3) is 0 Å². The largest absolute Gasteiger partial charge is 0.0930 e. The second-order valence-electron chi connectivity index (χ2n) is 3.13. The lowest BCUT2D eigenvalue weighted by Crippen LogP contribution is -2.02. The molecule has 0 fully saturated rings. The van der Waals surface area contributed by atoms with Gasteiger partial charge in [-0.1, -0.05) is 55.1 Å². The lowest BCUT2D eigenvalue weighted by Gasteiger charge is -2.09. The molecular formula is C10H15Br2Cl. The van der Waals surface area contributed by atoms with Crippen molar-refractivity contribution in [1.29, 1.82) is 0 Å². The zero-order valence-corrected chi connectivity index (χ0v) is 11.9. The van der Waals surface area contributed by atoms with E-state index in [2.05, 4.69) is 51.8 Å². The van der Waals surface area contributed by atoms with Crippen LogP contribution in [-0.2, 0) is 0 Å². The Morgan fingerprint density at radius 2 is 2.08 bits per heavy atom. The Morgan fingerprint density at radius 3 is 2.46 bits per heavy atom. The SMILES string of the molecule is CC(C)=CCCC(=CCl)C(Br)CBr. The van der Waals surface area contributed by atoms with Crippen molar-refractivity contribution in [3.05, 3.63) is 22.8 Å². The summed E-state index contributed by atoms with van der Waals surface area (Å²) >= 11 is 12.7. The highest BCUT2D eigenvalue weighted by molar-refractivity contribution is 9.12. The molecule has 76 valence electrons. The van der Waals surface area contributed by atoms with Crippen molar-refractivity contribution in [3.8, 4) is 0 Å². The topological polar surface area (TPSA) is 0 Å². The normalized spacial score (nSPS) is 14.1. The van der Waals surface area contributed by atoms with E-state index < -0.39 is 0 Å². The molecule has 0 aliphatic carbocycles. The van der Waals surface area contributed by atoms with Gasteiger partial charge in [-0.3, -0.25) is 0 Å². The van der Waals surface area contributed by atoms with Crippen molar-refractivity contribution in [1.82, 2.24) is 0 Å². The van der Waals surface area contributed by atoms with Crippen molar-refractivity contribution >= 4 is 43.5 Å². The van der Waals surface area contributed by atoms with Gasteiger partial charge in [0.15, 0.2) is 0 Å². The van der Waals surface area contributed by atoms with Gasteiger partial charge in [-0.2, -0.15) is 0 Å². The zero-order valence-electron chi connectivity index (χ0n) is 7.99. The molecule has 3 heteroatoms. The van der Waals surface area contributed by atoms with Gasteiger partial charge in [0.1, 0.15) is 0 Å². The number of hydrogen-bond acceptors (Lipinski definition) is 0. The molecule has 0 saturated carbocycles. The van der Waals surface area contributed by atoms with Crippen LogP contribution in [0.15, 0.2) is 22.8 Å². The van der Waals surface area contributed by atoms with E-state index in [-0.39, 0.29) is 0 Å². The van der Waals surface area contributed by atoms with Gasteiger partial charge in [0.05, 0.1) is 0 Å². The second kappa shape index (κ2) is 8.07. The fourth-order valence-corrected chi connectivity index (χ4v) is 2.10. The van der Waals surface area contributed by atoms with E-state index in [9.17, 15) is 0 Å². The smallest absolute Gasteiger partial charge is 0.0463 e. The standard InChI is InChI=1S/C10H15Br2Cl/c1-8(2)4-3-5-9(7-13)10(12)6-11/h4,7,10H,3,5-6H2,1-2H3. The summed E-state index contributed by atoms with van der Waals surface area (Å²) in [4.78, 5) is 0.357. The summed E-state index contributed by atoms with van der Waals surface area (Å²) in [6.07, 6.45) is 4.32. The minimum Gasteiger partial charge on any atom is -0.0930 e. The van der Waals surface area contributed by atoms with Gasteiger partial charge in [-0.25, -0.2) is 0 Å². The highest BCUT2D eigenvalue weighted by Gasteiger charge is 2.07. The average molecular weight is 330 g/mol. The molecule has 0 amide bonds. The quantitative estimate of drug-likeness (QED) is 0.491. The molecule has 0 rings (SSSR count). The molecule has 0 aliphatic rings. The first kappa shape index (κ1) is 13.7. The number of halogens is 3. The lowest BCUT2D eigenvalue weighted by molar-refractivity contribution is 0.928. The summed E-state index contributed by atoms with van der Waals surface area (Å²) in [6.45, 7) is 4.22. The summed E-state index contributed by atoms with van der Waals surface area (Å²) in [7, 11) is 0. The van der Waals surface area contributed by atoms with Gasteiger partial charge in [-0.15, -0.1) is 0 Å². The Hall–Kier alpha value is 0.730. The zero-order chi connectivity index (χ0) is 10.3. The fraction of sp³-hybridized carbons (Fsp3) is 0.600. The molecule has 0 spiro atoms. The summed E-state index contributed by atoms with van der Waals surface area (Å²) in [6, 6.07) is 0. The van der Waals surface area contributed by atoms with Crippen LogP contribution in [0.2, 0.25) is 0 Å². The van der Waals surface area contributed by atoms with Gasteiger partial charge < -0.3 is 0 Å². The Bertz CT molecular complexity index is 193. The maximum Gasteiger partial charge on any atom is 0.0463 e. The maximum atomic E-state index is 5.72. The molecule has 0 aromatic carbocycles. The first-order valence-corrected chi connectivity index (χ1v) is 6.71. The number of rotatable bonds is 5. The van der Waals surface area contributed by atoms with Gasteiger partial charge in [0, 0.05) is 15.7 Å². The third-order valence-corrected chi connectivity index (χ3v) is 4.37. The highest BCUT2D eigenvalue weighted by atomic mass is 79.9. The van der Waals surface area contributed by atoms with Crippen LogP contribution in [0, 0.1) is 0 Å². The van der Waals surface area contributed by atoms with Crippen molar-refractivity contribution in [3.63, 3.8) is 0 Å². The molecule has 0 nitrogen and oxygen atoms in total. The van der Waals surface area contributed by atoms with Crippen molar-refractivity contribution in [2.75, 3.05) is 5.33 Å². The summed E-state index contributed by atoms with van der Waals surface area (Å²) in [5.41, 5.74) is 4.29. The third kappa shape index (κ3) is 6.75. The molecule has 0 aromatic heterocycles. The van der Waals surface area contributed by atoms with Crippen LogP contribution in [0.25, 0.3) is 0 Å². The average Bonchev–Trinajstić information content (AvgIpc) is 2.11. The Labute approximate surface area is 103 Å². The van der Waals surface area contributed by atoms with Crippen molar-refractivity contribution in [2.45, 2.75) is 31.5 Å².